The number of nitriles is 1. The molecule has 0 atom stereocenters. The number of rotatable bonds is 5. The third-order valence-corrected chi connectivity index (χ3v) is 3.86. The summed E-state index contributed by atoms with van der Waals surface area (Å²) in [6.45, 7) is 0.133. The molecule has 6 nitrogen and oxygen atoms in total. The minimum absolute atomic E-state index is 0.133. The van der Waals surface area contributed by atoms with Crippen LogP contribution < -0.4 is 5.56 Å². The van der Waals surface area contributed by atoms with Gasteiger partial charge in [0.05, 0.1) is 11.1 Å². The van der Waals surface area contributed by atoms with Crippen molar-refractivity contribution >= 4 is 17.4 Å². The van der Waals surface area contributed by atoms with Crippen molar-refractivity contribution in [2.45, 2.75) is 11.4 Å². The Morgan fingerprint density at radius 3 is 2.77 bits per heavy atom. The Balaban J connectivity index is 2.18. The molecule has 2 aromatic rings. The van der Waals surface area contributed by atoms with Crippen molar-refractivity contribution in [1.29, 1.82) is 5.26 Å². The van der Waals surface area contributed by atoms with Crippen molar-refractivity contribution in [2.75, 3.05) is 5.75 Å². The Labute approximate surface area is 129 Å². The smallest absolute Gasteiger partial charge is 0.287 e. The van der Waals surface area contributed by atoms with Crippen LogP contribution in [0.2, 0.25) is 0 Å². The van der Waals surface area contributed by atoms with Crippen LogP contribution in [0, 0.1) is 27.3 Å². The van der Waals surface area contributed by atoms with Gasteiger partial charge in [0.25, 0.3) is 11.2 Å². The Kier molecular flexibility index (Phi) is 4.91. The van der Waals surface area contributed by atoms with Crippen molar-refractivity contribution in [1.82, 2.24) is 4.57 Å². The zero-order valence-electron chi connectivity index (χ0n) is 11.2. The molecule has 22 heavy (non-hydrogen) atoms. The van der Waals surface area contributed by atoms with E-state index in [-0.39, 0.29) is 23.6 Å². The number of halogens is 1. The minimum Gasteiger partial charge on any atom is -0.307 e. The number of nitrogens with zero attached hydrogens (tertiary/aromatic N) is 3. The topological polar surface area (TPSA) is 88.9 Å². The van der Waals surface area contributed by atoms with Gasteiger partial charge in [-0.25, -0.2) is 4.39 Å². The highest BCUT2D eigenvalue weighted by molar-refractivity contribution is 7.99. The fourth-order valence-corrected chi connectivity index (χ4v) is 2.67. The molecule has 0 fully saturated rings. The van der Waals surface area contributed by atoms with E-state index < -0.39 is 10.5 Å². The number of hydrogen-bond acceptors (Lipinski definition) is 5. The molecule has 1 aromatic heterocycles. The molecule has 8 heteroatoms. The van der Waals surface area contributed by atoms with Crippen molar-refractivity contribution in [3.8, 4) is 6.07 Å². The van der Waals surface area contributed by atoms with Gasteiger partial charge in [-0.05, 0) is 12.1 Å². The highest BCUT2D eigenvalue weighted by Gasteiger charge is 2.13. The summed E-state index contributed by atoms with van der Waals surface area (Å²) in [6, 6.07) is 8.79. The van der Waals surface area contributed by atoms with E-state index in [0.717, 1.165) is 16.8 Å². The Morgan fingerprint density at radius 2 is 2.14 bits per heavy atom. The second kappa shape index (κ2) is 6.87. The number of benzene rings is 1. The number of pyridine rings is 1. The average molecular weight is 319 g/mol. The van der Waals surface area contributed by atoms with E-state index in [1.165, 1.54) is 17.8 Å². The molecule has 0 amide bonds. The van der Waals surface area contributed by atoms with E-state index in [9.17, 15) is 19.3 Å². The van der Waals surface area contributed by atoms with Crippen LogP contribution in [0.5, 0.6) is 0 Å². The van der Waals surface area contributed by atoms with Crippen LogP contribution in [-0.2, 0) is 6.54 Å². The Hall–Kier alpha value is -2.66. The molecule has 0 aliphatic rings. The van der Waals surface area contributed by atoms with Gasteiger partial charge in [-0.1, -0.05) is 12.1 Å². The lowest BCUT2D eigenvalue weighted by Crippen LogP contribution is -2.23. The van der Waals surface area contributed by atoms with Gasteiger partial charge in [-0.3, -0.25) is 14.9 Å². The molecule has 0 saturated carbocycles. The summed E-state index contributed by atoms with van der Waals surface area (Å²) < 4.78 is 14.6. The molecule has 0 spiro atoms. The third-order valence-electron chi connectivity index (χ3n) is 2.83. The summed E-state index contributed by atoms with van der Waals surface area (Å²) in [6.07, 6.45) is 1.09. The van der Waals surface area contributed by atoms with Crippen LogP contribution in [-0.4, -0.2) is 15.2 Å². The standard InChI is InChI=1S/C14H10FN3O3S/c15-12-3-1-2-4-13(12)22-6-5-17-9-11(18(20)21)7-10(8-16)14(17)19/h1-4,7,9H,5-6H2. The zero-order valence-corrected chi connectivity index (χ0v) is 12.0. The first-order chi connectivity index (χ1) is 10.5. The predicted octanol–water partition coefficient (Wildman–Crippen LogP) is 2.56. The normalized spacial score (nSPS) is 10.2. The number of hydrogen-bond donors (Lipinski definition) is 0. The van der Waals surface area contributed by atoms with Crippen LogP contribution in [0.4, 0.5) is 10.1 Å². The molecule has 0 aliphatic heterocycles. The van der Waals surface area contributed by atoms with E-state index in [2.05, 4.69) is 0 Å². The first-order valence-corrected chi connectivity index (χ1v) is 7.18. The van der Waals surface area contributed by atoms with Crippen molar-refractivity contribution in [3.05, 3.63) is 68.4 Å². The van der Waals surface area contributed by atoms with Crippen LogP contribution in [0.25, 0.3) is 0 Å². The van der Waals surface area contributed by atoms with Gasteiger partial charge in [-0.15, -0.1) is 11.8 Å². The third kappa shape index (κ3) is 3.51. The second-order valence-electron chi connectivity index (χ2n) is 4.26. The van der Waals surface area contributed by atoms with E-state index in [4.69, 9.17) is 5.26 Å². The van der Waals surface area contributed by atoms with Crippen molar-refractivity contribution in [3.63, 3.8) is 0 Å². The van der Waals surface area contributed by atoms with Gasteiger partial charge in [-0.2, -0.15) is 5.26 Å². The number of aromatic nitrogens is 1. The number of nitro groups is 1. The Morgan fingerprint density at radius 1 is 1.41 bits per heavy atom. The fourth-order valence-electron chi connectivity index (χ4n) is 1.78. The largest absolute Gasteiger partial charge is 0.307 e. The summed E-state index contributed by atoms with van der Waals surface area (Å²) in [7, 11) is 0. The Bertz CT molecular complexity index is 814. The monoisotopic (exact) mass is 319 g/mol. The van der Waals surface area contributed by atoms with E-state index >= 15 is 0 Å². The summed E-state index contributed by atoms with van der Waals surface area (Å²) in [5.74, 6) is -0.0241. The number of aryl methyl sites for hydroxylation is 1. The van der Waals surface area contributed by atoms with Crippen LogP contribution in [0.3, 0.4) is 0 Å². The summed E-state index contributed by atoms with van der Waals surface area (Å²) in [5, 5.41) is 19.6. The molecular formula is C14H10FN3O3S. The summed E-state index contributed by atoms with van der Waals surface area (Å²) in [4.78, 5) is 22.5. The van der Waals surface area contributed by atoms with Crippen molar-refractivity contribution in [2.24, 2.45) is 0 Å². The minimum atomic E-state index is -0.666. The molecule has 0 radical (unpaired) electrons. The van der Waals surface area contributed by atoms with Crippen LogP contribution in [0.15, 0.2) is 46.2 Å². The lowest BCUT2D eigenvalue weighted by Gasteiger charge is -2.06. The average Bonchev–Trinajstić information content (AvgIpc) is 2.50. The predicted molar refractivity (Wildman–Crippen MR) is 79.2 cm³/mol. The van der Waals surface area contributed by atoms with Gasteiger partial charge in [0, 0.05) is 23.3 Å². The maximum absolute atomic E-state index is 13.5. The maximum atomic E-state index is 13.5. The molecule has 0 bridgehead atoms. The first kappa shape index (κ1) is 15.7. The molecule has 0 unspecified atom stereocenters. The molecule has 112 valence electrons. The maximum Gasteiger partial charge on any atom is 0.287 e. The molecular weight excluding hydrogens is 309 g/mol. The van der Waals surface area contributed by atoms with Gasteiger partial charge in [0.2, 0.25) is 0 Å². The van der Waals surface area contributed by atoms with Gasteiger partial charge >= 0.3 is 0 Å². The van der Waals surface area contributed by atoms with E-state index in [0.29, 0.717) is 10.6 Å². The summed E-state index contributed by atoms with van der Waals surface area (Å²) >= 11 is 1.19. The number of thioether (sulfide) groups is 1. The summed E-state index contributed by atoms with van der Waals surface area (Å²) in [5.41, 5.74) is -1.21. The highest BCUT2D eigenvalue weighted by atomic mass is 32.2. The molecule has 1 heterocycles. The first-order valence-electron chi connectivity index (χ1n) is 6.19. The van der Waals surface area contributed by atoms with E-state index in [1.54, 1.807) is 24.3 Å². The van der Waals surface area contributed by atoms with Gasteiger partial charge in [0.15, 0.2) is 0 Å². The van der Waals surface area contributed by atoms with Crippen LogP contribution >= 0.6 is 11.8 Å². The lowest BCUT2D eigenvalue weighted by atomic mass is 10.3. The zero-order chi connectivity index (χ0) is 16.1. The van der Waals surface area contributed by atoms with Crippen molar-refractivity contribution < 1.29 is 9.31 Å². The second-order valence-corrected chi connectivity index (χ2v) is 5.40. The highest BCUT2D eigenvalue weighted by Crippen LogP contribution is 2.21. The lowest BCUT2D eigenvalue weighted by molar-refractivity contribution is -0.385. The molecule has 0 N–H and O–H groups in total. The van der Waals surface area contributed by atoms with Gasteiger partial charge < -0.3 is 4.57 Å². The molecule has 0 aliphatic carbocycles. The molecule has 0 saturated heterocycles. The van der Waals surface area contributed by atoms with E-state index in [1.807, 2.05) is 0 Å². The molecule has 1 aromatic carbocycles. The molecule has 2 rings (SSSR count). The SMILES string of the molecule is N#Cc1cc([N+](=O)[O-])cn(CCSc2ccccc2F)c1=O. The van der Waals surface area contributed by atoms with Gasteiger partial charge in [0.1, 0.15) is 17.4 Å². The quantitative estimate of drug-likeness (QED) is 0.480. The van der Waals surface area contributed by atoms with Crippen LogP contribution in [0.1, 0.15) is 5.56 Å². The fraction of sp³-hybridized carbons (Fsp3) is 0.143.